The number of anilines is 1. The molecule has 1 saturated heterocycles. The molecule has 2 aliphatic heterocycles. The van der Waals surface area contributed by atoms with Gasteiger partial charge in [-0.05, 0) is 35.2 Å². The Morgan fingerprint density at radius 1 is 1.06 bits per heavy atom. The third-order valence-corrected chi connectivity index (χ3v) is 6.09. The van der Waals surface area contributed by atoms with Crippen molar-refractivity contribution < 1.29 is 9.59 Å². The van der Waals surface area contributed by atoms with Crippen LogP contribution in [-0.4, -0.2) is 27.9 Å². The summed E-state index contributed by atoms with van der Waals surface area (Å²) in [5, 5.41) is 3.07. The van der Waals surface area contributed by atoms with E-state index in [-0.39, 0.29) is 5.91 Å². The van der Waals surface area contributed by atoms with Gasteiger partial charge in [0.2, 0.25) is 5.91 Å². The Bertz CT molecular complexity index is 1180. The van der Waals surface area contributed by atoms with Crippen molar-refractivity contribution in [2.45, 2.75) is 18.5 Å². The van der Waals surface area contributed by atoms with E-state index in [1.807, 2.05) is 66.7 Å². The van der Waals surface area contributed by atoms with Gasteiger partial charge in [0, 0.05) is 12.4 Å². The molecule has 0 saturated carbocycles. The van der Waals surface area contributed by atoms with Crippen molar-refractivity contribution in [2.24, 2.45) is 5.92 Å². The highest BCUT2D eigenvalue weighted by atomic mass is 16.2. The first-order valence-corrected chi connectivity index (χ1v) is 11.0. The lowest BCUT2D eigenvalue weighted by Crippen LogP contribution is -2.67. The molecule has 3 heterocycles. The number of hydrogen-bond donors (Lipinski definition) is 5. The molecule has 1 aromatic heterocycles. The second-order valence-electron chi connectivity index (χ2n) is 8.25. The second kappa shape index (κ2) is 9.24. The summed E-state index contributed by atoms with van der Waals surface area (Å²) >= 11 is 0. The monoisotopic (exact) mass is 455 g/mol. The fourth-order valence-electron chi connectivity index (χ4n) is 4.47. The third-order valence-electron chi connectivity index (χ3n) is 6.09. The minimum absolute atomic E-state index is 0.243. The first kappa shape index (κ1) is 21.5. The van der Waals surface area contributed by atoms with Crippen molar-refractivity contribution in [3.63, 3.8) is 0 Å². The van der Waals surface area contributed by atoms with Crippen molar-refractivity contribution in [3.8, 4) is 0 Å². The number of amides is 3. The van der Waals surface area contributed by atoms with Gasteiger partial charge in [-0.25, -0.2) is 9.78 Å². The lowest BCUT2D eigenvalue weighted by molar-refractivity contribution is -0.148. The Morgan fingerprint density at radius 2 is 1.74 bits per heavy atom. The SMILES string of the molecule is Nc1cc(C[C@H]2C(=O)N(C(=O)NC(c3ccccc3)c3ccccc3)[C@@H]2C2=CNNN2)ccn1. The van der Waals surface area contributed by atoms with E-state index in [1.165, 1.54) is 4.90 Å². The second-order valence-corrected chi connectivity index (χ2v) is 8.25. The number of nitrogens with zero attached hydrogens (tertiary/aromatic N) is 2. The fraction of sp³-hybridized carbons (Fsp3) is 0.160. The number of hydrogen-bond acceptors (Lipinski definition) is 7. The maximum atomic E-state index is 13.5. The molecule has 2 atom stereocenters. The molecule has 6 N–H and O–H groups in total. The number of carbonyl (C=O) groups excluding carboxylic acids is 2. The van der Waals surface area contributed by atoms with Gasteiger partial charge in [-0.15, -0.1) is 0 Å². The van der Waals surface area contributed by atoms with Crippen LogP contribution in [0.2, 0.25) is 0 Å². The minimum atomic E-state index is -0.461. The van der Waals surface area contributed by atoms with Crippen LogP contribution in [0.1, 0.15) is 22.7 Å². The van der Waals surface area contributed by atoms with Crippen molar-refractivity contribution in [3.05, 3.63) is 108 Å². The van der Waals surface area contributed by atoms with Gasteiger partial charge < -0.3 is 21.9 Å². The van der Waals surface area contributed by atoms with E-state index in [0.717, 1.165) is 16.7 Å². The summed E-state index contributed by atoms with van der Waals surface area (Å²) in [6.45, 7) is 0. The Hall–Kier alpha value is -4.37. The van der Waals surface area contributed by atoms with Crippen LogP contribution in [0.3, 0.4) is 0 Å². The molecule has 172 valence electrons. The van der Waals surface area contributed by atoms with Gasteiger partial charge in [0.05, 0.1) is 23.7 Å². The van der Waals surface area contributed by atoms with Crippen molar-refractivity contribution >= 4 is 17.8 Å². The largest absolute Gasteiger partial charge is 0.384 e. The van der Waals surface area contributed by atoms with E-state index < -0.39 is 24.0 Å². The molecule has 5 rings (SSSR count). The van der Waals surface area contributed by atoms with Crippen LogP contribution in [0, 0.1) is 5.92 Å². The van der Waals surface area contributed by atoms with Crippen LogP contribution in [0.4, 0.5) is 10.6 Å². The zero-order valence-corrected chi connectivity index (χ0v) is 18.3. The summed E-state index contributed by atoms with van der Waals surface area (Å²) in [5.41, 5.74) is 17.9. The number of imide groups is 1. The smallest absolute Gasteiger partial charge is 0.325 e. The van der Waals surface area contributed by atoms with Crippen molar-refractivity contribution in [1.29, 1.82) is 0 Å². The first-order valence-electron chi connectivity index (χ1n) is 11.0. The average Bonchev–Trinajstić information content (AvgIpc) is 3.39. The van der Waals surface area contributed by atoms with E-state index in [2.05, 4.69) is 26.7 Å². The highest BCUT2D eigenvalue weighted by molar-refractivity contribution is 6.02. The fourth-order valence-corrected chi connectivity index (χ4v) is 4.47. The van der Waals surface area contributed by atoms with Crippen molar-refractivity contribution in [2.75, 3.05) is 5.73 Å². The van der Waals surface area contributed by atoms with Gasteiger partial charge >= 0.3 is 6.03 Å². The summed E-state index contributed by atoms with van der Waals surface area (Å²) in [6, 6.07) is 21.7. The molecule has 2 aliphatic rings. The number of β-lactam (4-membered cyclic amide) rings is 1. The van der Waals surface area contributed by atoms with E-state index in [9.17, 15) is 9.59 Å². The number of urea groups is 1. The molecule has 1 fully saturated rings. The van der Waals surface area contributed by atoms with Gasteiger partial charge in [-0.1, -0.05) is 60.7 Å². The molecule has 0 radical (unpaired) electrons. The highest BCUT2D eigenvalue weighted by Crippen LogP contribution is 2.35. The van der Waals surface area contributed by atoms with Gasteiger partial charge in [-0.3, -0.25) is 9.69 Å². The predicted octanol–water partition coefficient (Wildman–Crippen LogP) is 1.99. The molecule has 9 nitrogen and oxygen atoms in total. The number of pyridine rings is 1. The van der Waals surface area contributed by atoms with E-state index >= 15 is 0 Å². The van der Waals surface area contributed by atoms with E-state index in [1.54, 1.807) is 18.5 Å². The summed E-state index contributed by atoms with van der Waals surface area (Å²) < 4.78 is 0. The Kier molecular flexibility index (Phi) is 5.84. The zero-order valence-electron chi connectivity index (χ0n) is 18.3. The van der Waals surface area contributed by atoms with Crippen LogP contribution in [0.25, 0.3) is 0 Å². The Labute approximate surface area is 197 Å². The van der Waals surface area contributed by atoms with Gasteiger partial charge in [0.15, 0.2) is 0 Å². The number of carbonyl (C=O) groups is 2. The number of benzene rings is 2. The summed E-state index contributed by atoms with van der Waals surface area (Å²) in [4.78, 5) is 32.0. The zero-order chi connectivity index (χ0) is 23.5. The number of aromatic nitrogens is 1. The number of nitrogens with two attached hydrogens (primary N) is 1. The lowest BCUT2D eigenvalue weighted by atomic mass is 9.81. The summed E-state index contributed by atoms with van der Waals surface area (Å²) in [7, 11) is 0. The van der Waals surface area contributed by atoms with Gasteiger partial charge in [-0.2, -0.15) is 5.53 Å². The van der Waals surface area contributed by atoms with Crippen molar-refractivity contribution in [1.82, 2.24) is 31.6 Å². The minimum Gasteiger partial charge on any atom is -0.384 e. The lowest BCUT2D eigenvalue weighted by Gasteiger charge is -2.46. The van der Waals surface area contributed by atoms with E-state index in [4.69, 9.17) is 5.73 Å². The molecular formula is C25H25N7O2. The van der Waals surface area contributed by atoms with Crippen LogP contribution < -0.4 is 27.4 Å². The third kappa shape index (κ3) is 4.16. The first-order chi connectivity index (χ1) is 16.6. The molecule has 0 aliphatic carbocycles. The van der Waals surface area contributed by atoms with E-state index in [0.29, 0.717) is 17.9 Å². The van der Waals surface area contributed by atoms with Gasteiger partial charge in [0.25, 0.3) is 0 Å². The number of rotatable bonds is 6. The molecule has 3 aromatic rings. The molecule has 2 aromatic carbocycles. The molecule has 34 heavy (non-hydrogen) atoms. The molecule has 0 unspecified atom stereocenters. The normalized spacial score (nSPS) is 19.1. The van der Waals surface area contributed by atoms with Crippen LogP contribution >= 0.6 is 0 Å². The maximum Gasteiger partial charge on any atom is 0.325 e. The molecule has 0 spiro atoms. The molecule has 3 amide bonds. The molecule has 9 heteroatoms. The Morgan fingerprint density at radius 3 is 2.32 bits per heavy atom. The topological polar surface area (TPSA) is 124 Å². The van der Waals surface area contributed by atoms with Crippen LogP contribution in [-0.2, 0) is 11.2 Å². The quantitative estimate of drug-likeness (QED) is 0.360. The number of nitrogens with one attached hydrogen (secondary N) is 4. The Balaban J connectivity index is 1.41. The standard InChI is InChI=1S/C25H25N7O2/c26-21-14-16(11-12-27-21)13-19-23(20-15-28-31-30-20)32(24(19)33)25(34)29-22(17-7-3-1-4-8-17)18-9-5-2-6-10-18/h1-12,14-15,19,22-23,28,30-31H,13H2,(H2,26,27)(H,29,34)/t19-,23+/m1/s1. The molecular weight excluding hydrogens is 430 g/mol. The average molecular weight is 456 g/mol. The van der Waals surface area contributed by atoms with Crippen LogP contribution in [0.5, 0.6) is 0 Å². The summed E-state index contributed by atoms with van der Waals surface area (Å²) in [5.74, 6) is -0.266. The maximum absolute atomic E-state index is 13.5. The highest BCUT2D eigenvalue weighted by Gasteiger charge is 2.53. The van der Waals surface area contributed by atoms with Crippen LogP contribution in [0.15, 0.2) is 90.9 Å². The molecule has 0 bridgehead atoms. The van der Waals surface area contributed by atoms with Gasteiger partial charge in [0.1, 0.15) is 5.82 Å². The number of nitrogen functional groups attached to an aromatic ring is 1. The number of hydrazine groups is 2. The number of likely N-dealkylation sites (tertiary alicyclic amines) is 1. The summed E-state index contributed by atoms with van der Waals surface area (Å²) in [6.07, 6.45) is 3.78. The predicted molar refractivity (Wildman–Crippen MR) is 127 cm³/mol.